The summed E-state index contributed by atoms with van der Waals surface area (Å²) in [6.45, 7) is 0. The van der Waals surface area contributed by atoms with Gasteiger partial charge in [0.15, 0.2) is 0 Å². The molecule has 0 amide bonds. The molecular weight excluding hydrogens is 188 g/mol. The molecule has 0 aliphatic carbocycles. The molecule has 10 heteroatoms. The van der Waals surface area contributed by atoms with Crippen LogP contribution in [0.4, 0.5) is 0 Å². The van der Waals surface area contributed by atoms with Gasteiger partial charge < -0.3 is 0 Å². The molecule has 64 valence electrons. The third-order valence-electron chi connectivity index (χ3n) is 0. The van der Waals surface area contributed by atoms with Crippen molar-refractivity contribution in [2.45, 2.75) is 0 Å². The molecule has 0 atom stereocenters. The van der Waals surface area contributed by atoms with Crippen molar-refractivity contribution in [3.63, 3.8) is 0 Å². The third kappa shape index (κ3) is 5200. The van der Waals surface area contributed by atoms with E-state index in [1.165, 1.54) is 0 Å². The van der Waals surface area contributed by atoms with Gasteiger partial charge in [0.1, 0.15) is 0 Å². The van der Waals surface area contributed by atoms with E-state index in [0.717, 1.165) is 0 Å². The van der Waals surface area contributed by atoms with E-state index in [1.54, 1.807) is 0 Å². The zero-order chi connectivity index (χ0) is 9.00. The second-order valence-corrected chi connectivity index (χ2v) is 3.11. The molecule has 0 aromatic heterocycles. The summed E-state index contributed by atoms with van der Waals surface area (Å²) in [5.41, 5.74) is 0. The first-order valence-electron chi connectivity index (χ1n) is 1.50. The molecular formula is H6N2O6S2. The van der Waals surface area contributed by atoms with Crippen LogP contribution in [0.3, 0.4) is 0 Å². The highest BCUT2D eigenvalue weighted by Crippen LogP contribution is 1.59. The zero-order valence-corrected chi connectivity index (χ0v) is 6.13. The summed E-state index contributed by atoms with van der Waals surface area (Å²) in [4.78, 5) is 0. The van der Waals surface area contributed by atoms with Crippen molar-refractivity contribution in [2.24, 2.45) is 10.3 Å². The van der Waals surface area contributed by atoms with E-state index in [2.05, 4.69) is 10.3 Å². The van der Waals surface area contributed by atoms with Crippen molar-refractivity contribution in [3.8, 4) is 0 Å². The summed E-state index contributed by atoms with van der Waals surface area (Å²) in [7, 11) is -8.33. The van der Waals surface area contributed by atoms with Gasteiger partial charge in [0.2, 0.25) is 0 Å². The maximum Gasteiger partial charge on any atom is 0.394 e. The standard InChI is InChI=1S/H4N2O2S.H2O4S/c2*1-5(2,3)4/h(H4,1,2,3,4);(H2,1,2,3,4). The molecule has 0 fully saturated rings. The van der Waals surface area contributed by atoms with Crippen LogP contribution < -0.4 is 10.3 Å². The quantitative estimate of drug-likeness (QED) is 0.311. The van der Waals surface area contributed by atoms with E-state index in [-0.39, 0.29) is 0 Å². The van der Waals surface area contributed by atoms with Gasteiger partial charge in [-0.3, -0.25) is 9.11 Å². The highest BCUT2D eigenvalue weighted by Gasteiger charge is 1.84. The molecule has 0 aromatic carbocycles. The van der Waals surface area contributed by atoms with E-state index in [9.17, 15) is 8.42 Å². The smallest absolute Gasteiger partial charge is 0.264 e. The summed E-state index contributed by atoms with van der Waals surface area (Å²) < 4.78 is 50.0. The maximum atomic E-state index is 9.19. The molecule has 0 radical (unpaired) electrons. The predicted octanol–water partition coefficient (Wildman–Crippen LogP) is -2.50. The molecule has 6 N–H and O–H groups in total. The van der Waals surface area contributed by atoms with Gasteiger partial charge in [-0.1, -0.05) is 0 Å². The van der Waals surface area contributed by atoms with E-state index < -0.39 is 20.6 Å². The minimum absolute atomic E-state index is 3.67. The van der Waals surface area contributed by atoms with E-state index >= 15 is 0 Å². The van der Waals surface area contributed by atoms with Crippen LogP contribution in [0.1, 0.15) is 0 Å². The zero-order valence-electron chi connectivity index (χ0n) is 4.50. The fourth-order valence-electron chi connectivity index (χ4n) is 0. The minimum Gasteiger partial charge on any atom is -0.264 e. The molecule has 0 aliphatic heterocycles. The Hall–Kier alpha value is -0.260. The highest BCUT2D eigenvalue weighted by molar-refractivity contribution is 7.86. The molecule has 0 saturated heterocycles. The van der Waals surface area contributed by atoms with Crippen LogP contribution in [0.25, 0.3) is 0 Å². The van der Waals surface area contributed by atoms with Gasteiger partial charge in [-0.05, 0) is 0 Å². The molecule has 0 aromatic rings. The van der Waals surface area contributed by atoms with Crippen molar-refractivity contribution in [2.75, 3.05) is 0 Å². The average molecular weight is 194 g/mol. The number of hydrogen-bond donors (Lipinski definition) is 4. The highest BCUT2D eigenvalue weighted by atomic mass is 32.3. The average Bonchev–Trinajstić information content (AvgIpc) is 1.12. The molecule has 0 unspecified atom stereocenters. The van der Waals surface area contributed by atoms with Gasteiger partial charge in [0, 0.05) is 0 Å². The lowest BCUT2D eigenvalue weighted by Crippen LogP contribution is -2.21. The molecule has 0 saturated carbocycles. The van der Waals surface area contributed by atoms with Crippen LogP contribution in [0.2, 0.25) is 0 Å². The first-order valence-corrected chi connectivity index (χ1v) is 4.51. The molecule has 0 heterocycles. The number of nitrogens with two attached hydrogens (primary N) is 2. The molecule has 0 aliphatic rings. The van der Waals surface area contributed by atoms with Gasteiger partial charge >= 0.3 is 10.4 Å². The van der Waals surface area contributed by atoms with Gasteiger partial charge in [0.05, 0.1) is 0 Å². The lowest BCUT2D eigenvalue weighted by molar-refractivity contribution is 0.381. The topological polar surface area (TPSA) is 161 Å². The van der Waals surface area contributed by atoms with E-state index in [1.807, 2.05) is 0 Å². The normalized spacial score (nSPS) is 11.6. The summed E-state index contributed by atoms with van der Waals surface area (Å²) >= 11 is 0. The van der Waals surface area contributed by atoms with Crippen LogP contribution in [0, 0.1) is 0 Å². The van der Waals surface area contributed by atoms with E-state index in [4.69, 9.17) is 17.5 Å². The van der Waals surface area contributed by atoms with Gasteiger partial charge in [-0.15, -0.1) is 0 Å². The fraction of sp³-hybridized carbons (Fsp3) is 0. The summed E-state index contributed by atoms with van der Waals surface area (Å²) in [5.74, 6) is 0. The Balaban J connectivity index is 0. The Morgan fingerprint density at radius 2 is 0.900 bits per heavy atom. The second-order valence-electron chi connectivity index (χ2n) is 1.04. The molecule has 0 rings (SSSR count). The van der Waals surface area contributed by atoms with Crippen LogP contribution >= 0.6 is 0 Å². The Bertz CT molecular complexity index is 210. The predicted molar refractivity (Wildman–Crippen MR) is 31.5 cm³/mol. The first-order chi connectivity index (χ1) is 4.00. The molecule has 0 bridgehead atoms. The van der Waals surface area contributed by atoms with Crippen molar-refractivity contribution in [3.05, 3.63) is 0 Å². The van der Waals surface area contributed by atoms with Crippen LogP contribution in [-0.4, -0.2) is 25.9 Å². The van der Waals surface area contributed by atoms with Crippen LogP contribution in [-0.2, 0) is 20.6 Å². The second kappa shape index (κ2) is 3.80. The summed E-state index contributed by atoms with van der Waals surface area (Å²) in [6.07, 6.45) is 0. The van der Waals surface area contributed by atoms with Crippen molar-refractivity contribution >= 4 is 20.6 Å². The minimum atomic E-state index is -4.67. The first kappa shape index (κ1) is 12.4. The monoisotopic (exact) mass is 194 g/mol. The Morgan fingerprint density at radius 3 is 0.900 bits per heavy atom. The Kier molecular flexibility index (Phi) is 4.72. The lowest BCUT2D eigenvalue weighted by Gasteiger charge is -1.72. The summed E-state index contributed by atoms with van der Waals surface area (Å²) in [6, 6.07) is 0. The van der Waals surface area contributed by atoms with Gasteiger partial charge in [-0.2, -0.15) is 16.8 Å². The third-order valence-corrected chi connectivity index (χ3v) is 0. The van der Waals surface area contributed by atoms with Gasteiger partial charge in [0.25, 0.3) is 10.2 Å². The lowest BCUT2D eigenvalue weighted by atomic mass is 13.9. The summed E-state index contributed by atoms with van der Waals surface area (Å²) in [5, 5.41) is 8.21. The Morgan fingerprint density at radius 1 is 0.900 bits per heavy atom. The molecule has 10 heavy (non-hydrogen) atoms. The molecule has 8 nitrogen and oxygen atoms in total. The van der Waals surface area contributed by atoms with Crippen LogP contribution in [0.5, 0.6) is 0 Å². The maximum absolute atomic E-state index is 9.19. The SMILES string of the molecule is NS(N)(=O)=O.O=S(=O)(O)O. The van der Waals surface area contributed by atoms with Crippen molar-refractivity contribution in [1.29, 1.82) is 0 Å². The van der Waals surface area contributed by atoms with E-state index in [0.29, 0.717) is 0 Å². The number of rotatable bonds is 0. The fourth-order valence-corrected chi connectivity index (χ4v) is 0. The number of hydrogen-bond acceptors (Lipinski definition) is 4. The Labute approximate surface area is 57.6 Å². The van der Waals surface area contributed by atoms with Gasteiger partial charge in [-0.25, -0.2) is 10.3 Å². The van der Waals surface area contributed by atoms with Crippen molar-refractivity contribution < 1.29 is 25.9 Å². The largest absolute Gasteiger partial charge is 0.394 e. The van der Waals surface area contributed by atoms with Crippen molar-refractivity contribution in [1.82, 2.24) is 0 Å². The van der Waals surface area contributed by atoms with Crippen LogP contribution in [0.15, 0.2) is 0 Å². The molecule has 0 spiro atoms.